The Morgan fingerprint density at radius 1 is 1.00 bits per heavy atom. The van der Waals surface area contributed by atoms with Crippen molar-refractivity contribution >= 4 is 29.1 Å². The van der Waals surface area contributed by atoms with Crippen LogP contribution in [0.2, 0.25) is 0 Å². The molecule has 1 unspecified atom stereocenters. The summed E-state index contributed by atoms with van der Waals surface area (Å²) < 4.78 is 6.75. The normalized spacial score (nSPS) is 29.5. The van der Waals surface area contributed by atoms with Crippen molar-refractivity contribution in [2.45, 2.75) is 71.2 Å². The fourth-order valence-electron chi connectivity index (χ4n) is 7.48. The molecule has 0 bridgehead atoms. The van der Waals surface area contributed by atoms with Gasteiger partial charge in [0.1, 0.15) is 11.6 Å². The van der Waals surface area contributed by atoms with Crippen LogP contribution < -0.4 is 9.80 Å². The highest BCUT2D eigenvalue weighted by Crippen LogP contribution is 2.54. The minimum Gasteiger partial charge on any atom is -0.394 e. The average molecular weight is 579 g/mol. The third kappa shape index (κ3) is 4.94. The molecule has 1 aromatic rings. The van der Waals surface area contributed by atoms with Crippen molar-refractivity contribution in [1.29, 1.82) is 0 Å². The minimum atomic E-state index is -1.31. The van der Waals surface area contributed by atoms with Crippen molar-refractivity contribution in [2.24, 2.45) is 17.8 Å². The van der Waals surface area contributed by atoms with E-state index in [-0.39, 0.29) is 30.2 Å². The fourth-order valence-corrected chi connectivity index (χ4v) is 7.48. The number of ether oxygens (including phenoxy) is 1. The molecule has 4 aliphatic heterocycles. The van der Waals surface area contributed by atoms with Crippen LogP contribution in [0.1, 0.15) is 47.5 Å². The van der Waals surface area contributed by atoms with Crippen LogP contribution in [0.4, 0.5) is 11.4 Å². The third-order valence-electron chi connectivity index (χ3n) is 9.31. The Bertz CT molecular complexity index is 1230. The molecule has 1 spiro atoms. The third-order valence-corrected chi connectivity index (χ3v) is 9.31. The Hall–Kier alpha value is -3.17. The second kappa shape index (κ2) is 12.2. The highest BCUT2D eigenvalue weighted by molar-refractivity contribution is 6.06. The van der Waals surface area contributed by atoms with Gasteiger partial charge in [-0.15, -0.1) is 0 Å². The van der Waals surface area contributed by atoms with Gasteiger partial charge in [0.15, 0.2) is 0 Å². The van der Waals surface area contributed by atoms with Crippen LogP contribution in [-0.4, -0.2) is 95.7 Å². The molecule has 1 aromatic carbocycles. The molecular weight excluding hydrogens is 532 g/mol. The van der Waals surface area contributed by atoms with Gasteiger partial charge in [0.05, 0.1) is 30.6 Å². The quantitative estimate of drug-likeness (QED) is 0.429. The van der Waals surface area contributed by atoms with Gasteiger partial charge in [0, 0.05) is 44.1 Å². The zero-order valence-corrected chi connectivity index (χ0v) is 25.6. The van der Waals surface area contributed by atoms with Crippen LogP contribution in [0.25, 0.3) is 0 Å². The number of hydrogen-bond donors (Lipinski definition) is 1. The second-order valence-corrected chi connectivity index (χ2v) is 12.3. The topological polar surface area (TPSA) is 93.6 Å². The molecule has 0 radical (unpaired) electrons. The number of aliphatic hydroxyl groups is 1. The number of fused-ring (bicyclic) bond motifs is 2. The van der Waals surface area contributed by atoms with E-state index in [9.17, 15) is 19.5 Å². The van der Waals surface area contributed by atoms with Crippen LogP contribution in [0.3, 0.4) is 0 Å². The van der Waals surface area contributed by atoms with Crippen molar-refractivity contribution < 1.29 is 24.2 Å². The molecular formula is C33H46N4O5. The monoisotopic (exact) mass is 578 g/mol. The fraction of sp³-hybridized carbons (Fsp3) is 0.606. The first-order valence-electron chi connectivity index (χ1n) is 15.6. The van der Waals surface area contributed by atoms with Crippen molar-refractivity contribution in [3.8, 4) is 0 Å². The Labute approximate surface area is 249 Å². The van der Waals surface area contributed by atoms with Gasteiger partial charge in [0.2, 0.25) is 11.8 Å². The van der Waals surface area contributed by atoms with Crippen molar-refractivity contribution in [3.05, 3.63) is 48.6 Å². The SMILES string of the molecule is CCCN1CC=C[C@@H]2O[C@]34C=CCN(c5ccc(N(CC)CC)cc5)C(=O)C3N([C@@H](CO)CC(C)C)C(=O)[C@@H]4[C@@H]2C1=O. The lowest BCUT2D eigenvalue weighted by Gasteiger charge is -2.39. The summed E-state index contributed by atoms with van der Waals surface area (Å²) in [4.78, 5) is 50.5. The lowest BCUT2D eigenvalue weighted by Crippen LogP contribution is -2.58. The van der Waals surface area contributed by atoms with Crippen molar-refractivity contribution in [2.75, 3.05) is 49.1 Å². The molecule has 5 rings (SSSR count). The van der Waals surface area contributed by atoms with Gasteiger partial charge in [-0.2, -0.15) is 0 Å². The molecule has 9 nitrogen and oxygen atoms in total. The van der Waals surface area contributed by atoms with E-state index in [0.29, 0.717) is 26.1 Å². The zero-order chi connectivity index (χ0) is 30.2. The van der Waals surface area contributed by atoms with Gasteiger partial charge < -0.3 is 29.4 Å². The van der Waals surface area contributed by atoms with E-state index in [1.165, 1.54) is 0 Å². The number of carbonyl (C=O) groups is 3. The molecule has 9 heteroatoms. The Balaban J connectivity index is 1.59. The summed E-state index contributed by atoms with van der Waals surface area (Å²) in [7, 11) is 0. The van der Waals surface area contributed by atoms with Gasteiger partial charge in [-0.3, -0.25) is 14.4 Å². The molecule has 0 saturated carbocycles. The van der Waals surface area contributed by atoms with E-state index in [0.717, 1.165) is 30.9 Å². The number of benzene rings is 1. The van der Waals surface area contributed by atoms with Crippen molar-refractivity contribution in [3.63, 3.8) is 0 Å². The maximum atomic E-state index is 14.7. The molecule has 0 aliphatic carbocycles. The number of likely N-dealkylation sites (tertiary alicyclic amines) is 1. The van der Waals surface area contributed by atoms with E-state index in [1.807, 2.05) is 69.3 Å². The Kier molecular flexibility index (Phi) is 8.81. The van der Waals surface area contributed by atoms with E-state index in [1.54, 1.807) is 14.7 Å². The summed E-state index contributed by atoms with van der Waals surface area (Å²) in [6, 6.07) is 6.36. The largest absolute Gasteiger partial charge is 0.394 e. The maximum Gasteiger partial charge on any atom is 0.253 e. The van der Waals surface area contributed by atoms with Crippen LogP contribution >= 0.6 is 0 Å². The maximum absolute atomic E-state index is 14.7. The van der Waals surface area contributed by atoms with Gasteiger partial charge in [-0.25, -0.2) is 0 Å². The molecule has 2 saturated heterocycles. The number of hydrogen-bond acceptors (Lipinski definition) is 6. The van der Waals surface area contributed by atoms with Crippen LogP contribution in [-0.2, 0) is 19.1 Å². The number of anilines is 2. The molecule has 1 N–H and O–H groups in total. The molecule has 228 valence electrons. The smallest absolute Gasteiger partial charge is 0.253 e. The number of amides is 3. The molecule has 0 aromatic heterocycles. The lowest BCUT2D eigenvalue weighted by molar-refractivity contribution is -0.147. The summed E-state index contributed by atoms with van der Waals surface area (Å²) in [5.74, 6) is -2.06. The lowest BCUT2D eigenvalue weighted by atomic mass is 9.77. The summed E-state index contributed by atoms with van der Waals surface area (Å²) in [5, 5.41) is 10.5. The van der Waals surface area contributed by atoms with E-state index in [2.05, 4.69) is 18.7 Å². The van der Waals surface area contributed by atoms with Gasteiger partial charge in [-0.05, 0) is 56.9 Å². The highest BCUT2D eigenvalue weighted by Gasteiger charge is 2.72. The predicted molar refractivity (Wildman–Crippen MR) is 163 cm³/mol. The van der Waals surface area contributed by atoms with Gasteiger partial charge in [0.25, 0.3) is 5.91 Å². The molecule has 6 atom stereocenters. The van der Waals surface area contributed by atoms with Gasteiger partial charge >= 0.3 is 0 Å². The zero-order valence-electron chi connectivity index (χ0n) is 25.6. The summed E-state index contributed by atoms with van der Waals surface area (Å²) in [6.07, 6.45) is 8.33. The number of carbonyl (C=O) groups excluding carboxylic acids is 3. The first-order chi connectivity index (χ1) is 20.2. The molecule has 3 amide bonds. The Morgan fingerprint density at radius 3 is 2.33 bits per heavy atom. The Morgan fingerprint density at radius 2 is 1.71 bits per heavy atom. The molecule has 42 heavy (non-hydrogen) atoms. The van der Waals surface area contributed by atoms with Crippen molar-refractivity contribution in [1.82, 2.24) is 9.80 Å². The first-order valence-corrected chi connectivity index (χ1v) is 15.6. The van der Waals surface area contributed by atoms with Crippen LogP contribution in [0, 0.1) is 17.8 Å². The van der Waals surface area contributed by atoms with E-state index >= 15 is 0 Å². The minimum absolute atomic E-state index is 0.110. The van der Waals surface area contributed by atoms with Crippen LogP contribution in [0.5, 0.6) is 0 Å². The molecule has 2 fully saturated rings. The summed E-state index contributed by atoms with van der Waals surface area (Å²) in [5.41, 5.74) is 0.503. The second-order valence-electron chi connectivity index (χ2n) is 12.3. The number of rotatable bonds is 10. The first kappa shape index (κ1) is 30.3. The summed E-state index contributed by atoms with van der Waals surface area (Å²) >= 11 is 0. The number of aliphatic hydroxyl groups excluding tert-OH is 1. The van der Waals surface area contributed by atoms with E-state index in [4.69, 9.17) is 4.74 Å². The summed E-state index contributed by atoms with van der Waals surface area (Å²) in [6.45, 7) is 13.2. The molecule has 4 heterocycles. The highest BCUT2D eigenvalue weighted by atomic mass is 16.5. The predicted octanol–water partition coefficient (Wildman–Crippen LogP) is 3.23. The average Bonchev–Trinajstić information content (AvgIpc) is 3.30. The standard InChI is InChI=1S/C33H46N4O5/c1-6-17-35-18-9-11-26-27(30(35)39)28-31(40)37(25(21-38)20-22(4)5)29-32(41)36(19-10-16-33(28,29)42-26)24-14-12-23(13-15-24)34(7-2)8-3/h9-16,22,25-29,38H,6-8,17-21H2,1-5H3/t25-,26+,27-,28+,29?,33+/m1/s1. The number of nitrogens with zero attached hydrogens (tertiary/aromatic N) is 4. The van der Waals surface area contributed by atoms with E-state index < -0.39 is 35.6 Å². The van der Waals surface area contributed by atoms with Gasteiger partial charge in [-0.1, -0.05) is 45.1 Å². The van der Waals surface area contributed by atoms with Crippen LogP contribution in [0.15, 0.2) is 48.6 Å². The molecule has 4 aliphatic rings.